The summed E-state index contributed by atoms with van der Waals surface area (Å²) in [5.74, 6) is 1.56. The summed E-state index contributed by atoms with van der Waals surface area (Å²) in [5.41, 5.74) is 1.21. The molecule has 136 valence electrons. The Morgan fingerprint density at radius 2 is 2.08 bits per heavy atom. The van der Waals surface area contributed by atoms with Crippen LogP contribution in [-0.2, 0) is 0 Å². The molecule has 1 aliphatic heterocycles. The zero-order chi connectivity index (χ0) is 17.6. The van der Waals surface area contributed by atoms with E-state index in [1.165, 1.54) is 10.4 Å². The molecule has 4 nitrogen and oxygen atoms in total. The molecule has 0 bridgehead atoms. The van der Waals surface area contributed by atoms with Crippen LogP contribution in [0.1, 0.15) is 29.8 Å². The molecule has 0 saturated carbocycles. The van der Waals surface area contributed by atoms with Crippen molar-refractivity contribution in [1.29, 1.82) is 0 Å². The van der Waals surface area contributed by atoms with Gasteiger partial charge in [-0.1, -0.05) is 17.7 Å². The lowest BCUT2D eigenvalue weighted by Crippen LogP contribution is -2.32. The first-order valence-corrected chi connectivity index (χ1v) is 9.93. The number of hydrogen-bond donors (Lipinski definition) is 1. The average Bonchev–Trinajstić information content (AvgIpc) is 2.87. The fraction of sp³-hybridized carbons (Fsp3) is 0.474. The van der Waals surface area contributed by atoms with E-state index in [-0.39, 0.29) is 6.04 Å². The molecule has 0 amide bonds. The van der Waals surface area contributed by atoms with Gasteiger partial charge in [0.2, 0.25) is 0 Å². The van der Waals surface area contributed by atoms with Gasteiger partial charge in [0.15, 0.2) is 11.5 Å². The molecular weight excluding hydrogens is 356 g/mol. The SMILES string of the molecule is CCOc1ccc(C(c2ccc(Cl)s2)N2CCCNCC2)cc1OC. The summed E-state index contributed by atoms with van der Waals surface area (Å²) in [7, 11) is 1.69. The quantitative estimate of drug-likeness (QED) is 0.814. The lowest BCUT2D eigenvalue weighted by Gasteiger charge is -2.30. The summed E-state index contributed by atoms with van der Waals surface area (Å²) in [4.78, 5) is 3.79. The van der Waals surface area contributed by atoms with E-state index in [2.05, 4.69) is 28.4 Å². The molecule has 25 heavy (non-hydrogen) atoms. The number of nitrogens with one attached hydrogen (secondary N) is 1. The van der Waals surface area contributed by atoms with E-state index < -0.39 is 0 Å². The third-order valence-electron chi connectivity index (χ3n) is 4.41. The van der Waals surface area contributed by atoms with Crippen LogP contribution < -0.4 is 14.8 Å². The van der Waals surface area contributed by atoms with Crippen LogP contribution in [0, 0.1) is 0 Å². The Morgan fingerprint density at radius 3 is 2.80 bits per heavy atom. The molecule has 0 aliphatic carbocycles. The van der Waals surface area contributed by atoms with E-state index in [1.54, 1.807) is 18.4 Å². The van der Waals surface area contributed by atoms with Crippen LogP contribution in [0.25, 0.3) is 0 Å². The monoisotopic (exact) mass is 380 g/mol. The zero-order valence-electron chi connectivity index (χ0n) is 14.8. The summed E-state index contributed by atoms with van der Waals surface area (Å²) < 4.78 is 12.1. The number of thiophene rings is 1. The molecular formula is C19H25ClN2O2S. The minimum absolute atomic E-state index is 0.182. The Morgan fingerprint density at radius 1 is 1.20 bits per heavy atom. The first-order chi connectivity index (χ1) is 12.2. The van der Waals surface area contributed by atoms with E-state index in [4.69, 9.17) is 21.1 Å². The van der Waals surface area contributed by atoms with Gasteiger partial charge in [-0.3, -0.25) is 4.90 Å². The highest BCUT2D eigenvalue weighted by Gasteiger charge is 2.25. The van der Waals surface area contributed by atoms with Crippen molar-refractivity contribution in [1.82, 2.24) is 10.2 Å². The van der Waals surface area contributed by atoms with Gasteiger partial charge < -0.3 is 14.8 Å². The van der Waals surface area contributed by atoms with E-state index in [0.717, 1.165) is 48.4 Å². The topological polar surface area (TPSA) is 33.7 Å². The van der Waals surface area contributed by atoms with Gasteiger partial charge in [-0.15, -0.1) is 11.3 Å². The summed E-state index contributed by atoms with van der Waals surface area (Å²) >= 11 is 7.88. The van der Waals surface area contributed by atoms with Gasteiger partial charge in [0.25, 0.3) is 0 Å². The molecule has 1 atom stereocenters. The first-order valence-electron chi connectivity index (χ1n) is 8.73. The van der Waals surface area contributed by atoms with Gasteiger partial charge in [-0.25, -0.2) is 0 Å². The Balaban J connectivity index is 1.98. The molecule has 3 rings (SSSR count). The van der Waals surface area contributed by atoms with Crippen molar-refractivity contribution in [3.63, 3.8) is 0 Å². The fourth-order valence-electron chi connectivity index (χ4n) is 3.28. The van der Waals surface area contributed by atoms with Gasteiger partial charge in [0.1, 0.15) is 0 Å². The second-order valence-corrected chi connectivity index (χ2v) is 7.77. The van der Waals surface area contributed by atoms with Crippen molar-refractivity contribution in [2.45, 2.75) is 19.4 Å². The van der Waals surface area contributed by atoms with Gasteiger partial charge in [-0.05, 0) is 49.7 Å². The molecule has 1 aliphatic rings. The Bertz CT molecular complexity index is 684. The lowest BCUT2D eigenvalue weighted by molar-refractivity contribution is 0.243. The first kappa shape index (κ1) is 18.5. The summed E-state index contributed by atoms with van der Waals surface area (Å²) in [6, 6.07) is 10.6. The maximum Gasteiger partial charge on any atom is 0.161 e. The van der Waals surface area contributed by atoms with Crippen molar-refractivity contribution < 1.29 is 9.47 Å². The molecule has 2 aromatic rings. The number of nitrogens with zero attached hydrogens (tertiary/aromatic N) is 1. The van der Waals surface area contributed by atoms with Crippen LogP contribution in [0.2, 0.25) is 4.34 Å². The minimum atomic E-state index is 0.182. The highest BCUT2D eigenvalue weighted by Crippen LogP contribution is 2.39. The maximum atomic E-state index is 6.23. The second-order valence-electron chi connectivity index (χ2n) is 6.03. The van der Waals surface area contributed by atoms with E-state index in [9.17, 15) is 0 Å². The predicted molar refractivity (Wildman–Crippen MR) is 104 cm³/mol. The van der Waals surface area contributed by atoms with Gasteiger partial charge >= 0.3 is 0 Å². The Labute approximate surface area is 158 Å². The van der Waals surface area contributed by atoms with Crippen molar-refractivity contribution in [3.8, 4) is 11.5 Å². The molecule has 1 fully saturated rings. The van der Waals surface area contributed by atoms with Crippen molar-refractivity contribution in [3.05, 3.63) is 45.1 Å². The minimum Gasteiger partial charge on any atom is -0.493 e. The third kappa shape index (κ3) is 4.47. The number of benzene rings is 1. The second kappa shape index (κ2) is 8.90. The number of rotatable bonds is 6. The van der Waals surface area contributed by atoms with Crippen molar-refractivity contribution in [2.24, 2.45) is 0 Å². The Kier molecular flexibility index (Phi) is 6.59. The number of methoxy groups -OCH3 is 1. The van der Waals surface area contributed by atoms with Crippen LogP contribution in [0.4, 0.5) is 0 Å². The van der Waals surface area contributed by atoms with E-state index >= 15 is 0 Å². The number of ether oxygens (including phenoxy) is 2. The average molecular weight is 381 g/mol. The molecule has 1 N–H and O–H groups in total. The number of hydrogen-bond acceptors (Lipinski definition) is 5. The van der Waals surface area contributed by atoms with Gasteiger partial charge in [-0.2, -0.15) is 0 Å². The molecule has 6 heteroatoms. The molecule has 1 unspecified atom stereocenters. The summed E-state index contributed by atoms with van der Waals surface area (Å²) in [5, 5.41) is 3.48. The summed E-state index contributed by atoms with van der Waals surface area (Å²) in [6.45, 7) is 6.74. The van der Waals surface area contributed by atoms with E-state index in [0.29, 0.717) is 6.61 Å². The summed E-state index contributed by atoms with van der Waals surface area (Å²) in [6.07, 6.45) is 1.14. The molecule has 0 radical (unpaired) electrons. The van der Waals surface area contributed by atoms with Crippen LogP contribution in [0.3, 0.4) is 0 Å². The van der Waals surface area contributed by atoms with Crippen LogP contribution >= 0.6 is 22.9 Å². The molecule has 1 aromatic heterocycles. The third-order valence-corrected chi connectivity index (χ3v) is 5.69. The van der Waals surface area contributed by atoms with Crippen molar-refractivity contribution >= 4 is 22.9 Å². The zero-order valence-corrected chi connectivity index (χ0v) is 16.3. The lowest BCUT2D eigenvalue weighted by atomic mass is 10.0. The number of halogens is 1. The Hall–Kier alpha value is -1.27. The van der Waals surface area contributed by atoms with Crippen molar-refractivity contribution in [2.75, 3.05) is 39.9 Å². The largest absolute Gasteiger partial charge is 0.493 e. The van der Waals surface area contributed by atoms with E-state index in [1.807, 2.05) is 19.1 Å². The fourth-order valence-corrected chi connectivity index (χ4v) is 4.51. The van der Waals surface area contributed by atoms with Crippen LogP contribution in [-0.4, -0.2) is 44.8 Å². The normalized spacial score (nSPS) is 17.1. The highest BCUT2D eigenvalue weighted by molar-refractivity contribution is 7.16. The highest BCUT2D eigenvalue weighted by atomic mass is 35.5. The molecule has 0 spiro atoms. The molecule has 1 saturated heterocycles. The molecule has 2 heterocycles. The molecule has 1 aromatic carbocycles. The van der Waals surface area contributed by atoms with Gasteiger partial charge in [0, 0.05) is 24.5 Å². The smallest absolute Gasteiger partial charge is 0.161 e. The van der Waals surface area contributed by atoms with Crippen LogP contribution in [0.15, 0.2) is 30.3 Å². The van der Waals surface area contributed by atoms with Gasteiger partial charge in [0.05, 0.1) is 24.1 Å². The van der Waals surface area contributed by atoms with Crippen LogP contribution in [0.5, 0.6) is 11.5 Å². The predicted octanol–water partition coefficient (Wildman–Crippen LogP) is 4.19. The standard InChI is InChI=1S/C19H25ClN2O2S/c1-3-24-15-6-5-14(13-16(15)23-2)19(17-7-8-18(20)25-17)22-11-4-9-21-10-12-22/h5-8,13,19,21H,3-4,9-12H2,1-2H3. The maximum absolute atomic E-state index is 6.23.